The predicted octanol–water partition coefficient (Wildman–Crippen LogP) is -0.134. The van der Waals surface area contributed by atoms with Crippen LogP contribution in [-0.4, -0.2) is 53.9 Å². The zero-order valence-electron chi connectivity index (χ0n) is 12.1. The molecule has 0 aliphatic heterocycles. The molecule has 0 radical (unpaired) electrons. The van der Waals surface area contributed by atoms with Crippen LogP contribution >= 0.6 is 0 Å². The molecule has 19 heavy (non-hydrogen) atoms. The Morgan fingerprint density at radius 2 is 1.95 bits per heavy atom. The molecule has 0 aromatic rings. The lowest BCUT2D eigenvalue weighted by Crippen LogP contribution is -2.45. The molecule has 0 bridgehead atoms. The van der Waals surface area contributed by atoms with Crippen molar-refractivity contribution in [2.24, 2.45) is 5.41 Å². The van der Waals surface area contributed by atoms with Crippen LogP contribution in [0.15, 0.2) is 0 Å². The fourth-order valence-electron chi connectivity index (χ4n) is 1.20. The molecule has 0 fully saturated rings. The van der Waals surface area contributed by atoms with Crippen molar-refractivity contribution in [1.82, 2.24) is 5.32 Å². The first kappa shape index (κ1) is 18.0. The molecule has 0 aromatic heterocycles. The molecule has 0 aromatic carbocycles. The minimum absolute atomic E-state index is 0.0378. The van der Waals surface area contributed by atoms with E-state index in [1.165, 1.54) is 6.92 Å². The van der Waals surface area contributed by atoms with Gasteiger partial charge in [-0.1, -0.05) is 13.8 Å². The molecule has 0 aliphatic rings. The Hall–Kier alpha value is -0.980. The zero-order chi connectivity index (χ0) is 15.1. The molecule has 0 saturated heterocycles. The van der Waals surface area contributed by atoms with E-state index in [0.29, 0.717) is 19.6 Å². The highest BCUT2D eigenvalue weighted by Gasteiger charge is 2.32. The normalized spacial score (nSPS) is 14.8. The largest absolute Gasteiger partial charge is 0.396 e. The van der Waals surface area contributed by atoms with Crippen molar-refractivity contribution in [3.63, 3.8) is 0 Å². The molecule has 2 atom stereocenters. The highest BCUT2D eigenvalue weighted by Crippen LogP contribution is 2.19. The van der Waals surface area contributed by atoms with Crippen molar-refractivity contribution in [2.75, 3.05) is 19.8 Å². The van der Waals surface area contributed by atoms with E-state index >= 15 is 0 Å². The topological polar surface area (TPSA) is 95.9 Å². The Kier molecular flexibility index (Phi) is 7.82. The highest BCUT2D eigenvalue weighted by atomic mass is 16.5. The minimum Gasteiger partial charge on any atom is -0.396 e. The Morgan fingerprint density at radius 1 is 1.37 bits per heavy atom. The third-order valence-electron chi connectivity index (χ3n) is 2.96. The molecule has 1 amide bonds. The number of hydrogen-bond acceptors (Lipinski definition) is 5. The lowest BCUT2D eigenvalue weighted by Gasteiger charge is -2.27. The number of Topliss-reactive ketones (excluding diaryl/α,β-unsaturated/α-hetero) is 1. The maximum Gasteiger partial charge on any atom is 0.249 e. The third kappa shape index (κ3) is 6.66. The van der Waals surface area contributed by atoms with Gasteiger partial charge in [0.1, 0.15) is 12.2 Å². The number of ketones is 1. The van der Waals surface area contributed by atoms with Crippen LogP contribution in [0.5, 0.6) is 0 Å². The van der Waals surface area contributed by atoms with Crippen LogP contribution in [0.1, 0.15) is 34.1 Å². The Balaban J connectivity index is 3.84. The molecular weight excluding hydrogens is 250 g/mol. The Labute approximate surface area is 114 Å². The Bertz CT molecular complexity index is 303. The van der Waals surface area contributed by atoms with Crippen LogP contribution in [-0.2, 0) is 14.3 Å². The van der Waals surface area contributed by atoms with Crippen molar-refractivity contribution < 1.29 is 24.5 Å². The third-order valence-corrected chi connectivity index (χ3v) is 2.96. The van der Waals surface area contributed by atoms with Gasteiger partial charge in [0.2, 0.25) is 5.91 Å². The monoisotopic (exact) mass is 275 g/mol. The molecule has 0 saturated carbocycles. The van der Waals surface area contributed by atoms with Crippen molar-refractivity contribution in [3.05, 3.63) is 0 Å². The number of aliphatic hydroxyl groups is 2. The lowest BCUT2D eigenvalue weighted by atomic mass is 9.87. The minimum atomic E-state index is -1.26. The summed E-state index contributed by atoms with van der Waals surface area (Å²) in [6.07, 6.45) is -1.14. The van der Waals surface area contributed by atoms with Crippen LogP contribution in [0, 0.1) is 5.41 Å². The first-order chi connectivity index (χ1) is 8.72. The number of nitrogens with one attached hydrogen (secondary N) is 1. The summed E-state index contributed by atoms with van der Waals surface area (Å²) in [7, 11) is 0. The predicted molar refractivity (Wildman–Crippen MR) is 70.6 cm³/mol. The number of hydrogen-bond donors (Lipinski definition) is 3. The second-order valence-electron chi connectivity index (χ2n) is 5.32. The van der Waals surface area contributed by atoms with E-state index in [-0.39, 0.29) is 12.4 Å². The number of amides is 1. The van der Waals surface area contributed by atoms with Gasteiger partial charge in [0.15, 0.2) is 5.78 Å². The number of ether oxygens (including phenoxy) is 1. The summed E-state index contributed by atoms with van der Waals surface area (Å²) >= 11 is 0. The summed E-state index contributed by atoms with van der Waals surface area (Å²) in [5, 5.41) is 21.3. The average Bonchev–Trinajstić information content (AvgIpc) is 2.36. The fourth-order valence-corrected chi connectivity index (χ4v) is 1.20. The average molecular weight is 275 g/mol. The van der Waals surface area contributed by atoms with Gasteiger partial charge in [0.25, 0.3) is 0 Å². The van der Waals surface area contributed by atoms with Gasteiger partial charge in [0, 0.05) is 18.6 Å². The summed E-state index contributed by atoms with van der Waals surface area (Å²) < 4.78 is 5.23. The van der Waals surface area contributed by atoms with Crippen LogP contribution in [0.2, 0.25) is 0 Å². The van der Waals surface area contributed by atoms with Crippen molar-refractivity contribution in [3.8, 4) is 0 Å². The van der Waals surface area contributed by atoms with Crippen LogP contribution < -0.4 is 5.32 Å². The molecule has 2 unspecified atom stereocenters. The zero-order valence-corrected chi connectivity index (χ0v) is 12.1. The summed E-state index contributed by atoms with van der Waals surface area (Å²) in [4.78, 5) is 22.5. The van der Waals surface area contributed by atoms with Gasteiger partial charge in [-0.3, -0.25) is 9.59 Å². The SMILES string of the molecule is CC(=O)C(C)OCCCNC(=O)C(O)C(C)(C)CO. The number of aliphatic hydroxyl groups excluding tert-OH is 2. The number of carbonyl (C=O) groups is 2. The van der Waals surface area contributed by atoms with Crippen molar-refractivity contribution >= 4 is 11.7 Å². The summed E-state index contributed by atoms with van der Waals surface area (Å²) in [6.45, 7) is 6.78. The summed E-state index contributed by atoms with van der Waals surface area (Å²) in [5.41, 5.74) is -0.871. The van der Waals surface area contributed by atoms with Gasteiger partial charge in [-0.15, -0.1) is 0 Å². The molecular formula is C13H25NO5. The van der Waals surface area contributed by atoms with Crippen LogP contribution in [0.25, 0.3) is 0 Å². The standard InChI is InChI=1S/C13H25NO5/c1-9(16)10(2)19-7-5-6-14-12(18)11(17)13(3,4)8-15/h10-11,15,17H,5-8H2,1-4H3,(H,14,18). The van der Waals surface area contributed by atoms with Crippen LogP contribution in [0.3, 0.4) is 0 Å². The quantitative estimate of drug-likeness (QED) is 0.509. The first-order valence-corrected chi connectivity index (χ1v) is 6.41. The van der Waals surface area contributed by atoms with E-state index in [2.05, 4.69) is 5.32 Å². The molecule has 112 valence electrons. The van der Waals surface area contributed by atoms with Gasteiger partial charge in [-0.2, -0.15) is 0 Å². The number of rotatable bonds is 9. The highest BCUT2D eigenvalue weighted by molar-refractivity contribution is 5.81. The molecule has 0 spiro atoms. The summed E-state index contributed by atoms with van der Waals surface area (Å²) in [6, 6.07) is 0. The second-order valence-corrected chi connectivity index (χ2v) is 5.32. The smallest absolute Gasteiger partial charge is 0.249 e. The van der Waals surface area contributed by atoms with Crippen molar-refractivity contribution in [1.29, 1.82) is 0 Å². The van der Waals surface area contributed by atoms with Gasteiger partial charge < -0.3 is 20.3 Å². The molecule has 6 nitrogen and oxygen atoms in total. The lowest BCUT2D eigenvalue weighted by molar-refractivity contribution is -0.137. The van der Waals surface area contributed by atoms with E-state index < -0.39 is 23.5 Å². The van der Waals surface area contributed by atoms with Gasteiger partial charge >= 0.3 is 0 Å². The maximum absolute atomic E-state index is 11.6. The number of carbonyl (C=O) groups excluding carboxylic acids is 2. The molecule has 0 aliphatic carbocycles. The molecule has 0 heterocycles. The molecule has 0 rings (SSSR count). The van der Waals surface area contributed by atoms with E-state index in [1.807, 2.05) is 0 Å². The second kappa shape index (κ2) is 8.24. The summed E-state index contributed by atoms with van der Waals surface area (Å²) in [5.74, 6) is -0.553. The first-order valence-electron chi connectivity index (χ1n) is 6.41. The molecule has 3 N–H and O–H groups in total. The van der Waals surface area contributed by atoms with Gasteiger partial charge in [0.05, 0.1) is 6.61 Å². The molecule has 6 heteroatoms. The van der Waals surface area contributed by atoms with E-state index in [1.54, 1.807) is 20.8 Å². The van der Waals surface area contributed by atoms with E-state index in [9.17, 15) is 14.7 Å². The Morgan fingerprint density at radius 3 is 2.42 bits per heavy atom. The van der Waals surface area contributed by atoms with Crippen LogP contribution in [0.4, 0.5) is 0 Å². The van der Waals surface area contributed by atoms with Gasteiger partial charge in [-0.25, -0.2) is 0 Å². The van der Waals surface area contributed by atoms with Gasteiger partial charge in [-0.05, 0) is 20.3 Å². The van der Waals surface area contributed by atoms with E-state index in [4.69, 9.17) is 9.84 Å². The van der Waals surface area contributed by atoms with Crippen molar-refractivity contribution in [2.45, 2.75) is 46.3 Å². The fraction of sp³-hybridized carbons (Fsp3) is 0.846. The maximum atomic E-state index is 11.6. The van der Waals surface area contributed by atoms with E-state index in [0.717, 1.165) is 0 Å².